The maximum Gasteiger partial charge on any atom is 0.119 e. The van der Waals surface area contributed by atoms with Gasteiger partial charge in [-0.05, 0) is 105 Å². The zero-order valence-electron chi connectivity index (χ0n) is 23.3. The Morgan fingerprint density at radius 1 is 1.11 bits per heavy atom. The highest BCUT2D eigenvalue weighted by Gasteiger charge is 2.35. The lowest BCUT2D eigenvalue weighted by Gasteiger charge is -2.41. The molecule has 2 aliphatic rings. The minimum absolute atomic E-state index is 0.0831. The largest absolute Gasteiger partial charge is 0.508 e. The summed E-state index contributed by atoms with van der Waals surface area (Å²) in [5.41, 5.74) is 3.69. The maximum absolute atomic E-state index is 9.99. The first-order chi connectivity index (χ1) is 18.3. The second-order valence-corrected chi connectivity index (χ2v) is 11.2. The van der Waals surface area contributed by atoms with Crippen molar-refractivity contribution in [3.05, 3.63) is 83.1 Å². The first-order valence-electron chi connectivity index (χ1n) is 13.9. The molecule has 0 radical (unpaired) electrons. The summed E-state index contributed by atoms with van der Waals surface area (Å²) >= 11 is 0. The SMILES string of the molecule is CCNC(C)(C)COc1ccc(CN(CCO)C2C=C(OC)C=CC2[C@@H]2CCc3cc(O)ccc3C2)cc1. The molecule has 0 saturated heterocycles. The number of aromatic hydroxyl groups is 1. The molecule has 206 valence electrons. The number of hydrogen-bond acceptors (Lipinski definition) is 6. The van der Waals surface area contributed by atoms with Gasteiger partial charge in [0, 0.05) is 24.7 Å². The smallest absolute Gasteiger partial charge is 0.119 e. The molecule has 2 aromatic carbocycles. The average molecular weight is 521 g/mol. The number of benzene rings is 2. The van der Waals surface area contributed by atoms with Crippen LogP contribution >= 0.6 is 0 Å². The summed E-state index contributed by atoms with van der Waals surface area (Å²) in [6.07, 6.45) is 9.63. The molecule has 2 aliphatic carbocycles. The Hall–Kier alpha value is -2.80. The number of phenols is 1. The van der Waals surface area contributed by atoms with E-state index in [0.29, 0.717) is 30.7 Å². The van der Waals surface area contributed by atoms with Gasteiger partial charge in [0.2, 0.25) is 0 Å². The second-order valence-electron chi connectivity index (χ2n) is 11.2. The first kappa shape index (κ1) is 28.2. The van der Waals surface area contributed by atoms with E-state index in [2.05, 4.69) is 67.4 Å². The number of allylic oxidation sites excluding steroid dienone is 1. The van der Waals surface area contributed by atoms with E-state index in [1.165, 1.54) is 16.7 Å². The molecule has 6 nitrogen and oxygen atoms in total. The Morgan fingerprint density at radius 3 is 2.61 bits per heavy atom. The summed E-state index contributed by atoms with van der Waals surface area (Å²) in [5.74, 6) is 2.85. The molecule has 0 saturated carbocycles. The number of aliphatic hydroxyl groups is 1. The molecule has 0 aliphatic heterocycles. The average Bonchev–Trinajstić information content (AvgIpc) is 2.92. The highest BCUT2D eigenvalue weighted by Crippen LogP contribution is 2.38. The standard InChI is InChI=1S/C32H44N2O4/c1-5-33-32(2,3)22-38-28-12-6-23(7-13-28)21-34(16-17-35)31-20-29(37-4)14-15-30(31)26-9-8-25-19-27(36)11-10-24(25)18-26/h6-7,10-15,19-20,26,30-31,33,35-36H,5,8-9,16-18,21-22H2,1-4H3/t26-,30?,31?/m1/s1. The van der Waals surface area contributed by atoms with Crippen LogP contribution in [0.15, 0.2) is 66.5 Å². The summed E-state index contributed by atoms with van der Waals surface area (Å²) in [7, 11) is 1.71. The van der Waals surface area contributed by atoms with Crippen molar-refractivity contribution in [1.82, 2.24) is 10.2 Å². The van der Waals surface area contributed by atoms with Gasteiger partial charge in [0.05, 0.1) is 13.7 Å². The minimum atomic E-state index is -0.0831. The van der Waals surface area contributed by atoms with E-state index < -0.39 is 0 Å². The molecule has 0 aromatic heterocycles. The Bertz CT molecular complexity index is 1110. The van der Waals surface area contributed by atoms with Gasteiger partial charge in [-0.15, -0.1) is 0 Å². The molecular formula is C32H44N2O4. The van der Waals surface area contributed by atoms with Crippen LogP contribution in [0.25, 0.3) is 0 Å². The summed E-state index contributed by atoms with van der Waals surface area (Å²) < 4.78 is 11.7. The van der Waals surface area contributed by atoms with E-state index in [-0.39, 0.29) is 18.2 Å². The molecule has 0 bridgehead atoms. The molecule has 3 atom stereocenters. The number of aliphatic hydroxyl groups excluding tert-OH is 1. The van der Waals surface area contributed by atoms with Crippen LogP contribution < -0.4 is 10.1 Å². The molecular weight excluding hydrogens is 476 g/mol. The third kappa shape index (κ3) is 7.19. The van der Waals surface area contributed by atoms with Crippen molar-refractivity contribution in [3.63, 3.8) is 0 Å². The zero-order valence-corrected chi connectivity index (χ0v) is 23.3. The van der Waals surface area contributed by atoms with E-state index in [0.717, 1.165) is 43.9 Å². The fourth-order valence-corrected chi connectivity index (χ4v) is 5.85. The molecule has 6 heteroatoms. The van der Waals surface area contributed by atoms with Gasteiger partial charge < -0.3 is 25.0 Å². The monoisotopic (exact) mass is 520 g/mol. The predicted octanol–water partition coefficient (Wildman–Crippen LogP) is 4.84. The Kier molecular flexibility index (Phi) is 9.53. The lowest BCUT2D eigenvalue weighted by molar-refractivity contribution is 0.115. The quantitative estimate of drug-likeness (QED) is 0.372. The summed E-state index contributed by atoms with van der Waals surface area (Å²) in [4.78, 5) is 2.36. The van der Waals surface area contributed by atoms with Crippen LogP contribution in [0.3, 0.4) is 0 Å². The maximum atomic E-state index is 9.99. The molecule has 2 unspecified atom stereocenters. The van der Waals surface area contributed by atoms with Crippen molar-refractivity contribution in [1.29, 1.82) is 0 Å². The Morgan fingerprint density at radius 2 is 1.89 bits per heavy atom. The fraction of sp³-hybridized carbons (Fsp3) is 0.500. The molecule has 2 aromatic rings. The van der Waals surface area contributed by atoms with Crippen molar-refractivity contribution in [2.24, 2.45) is 11.8 Å². The molecule has 0 fully saturated rings. The fourth-order valence-electron chi connectivity index (χ4n) is 5.85. The lowest BCUT2D eigenvalue weighted by Crippen LogP contribution is -2.44. The van der Waals surface area contributed by atoms with E-state index in [9.17, 15) is 10.2 Å². The number of phenolic OH excluding ortho intramolecular Hbond substituents is 1. The van der Waals surface area contributed by atoms with Gasteiger partial charge in [0.15, 0.2) is 0 Å². The third-order valence-corrected chi connectivity index (χ3v) is 7.82. The number of likely N-dealkylation sites (N-methyl/N-ethyl adjacent to an activating group) is 1. The van der Waals surface area contributed by atoms with E-state index in [4.69, 9.17) is 9.47 Å². The van der Waals surface area contributed by atoms with Crippen molar-refractivity contribution in [2.45, 2.75) is 58.2 Å². The van der Waals surface area contributed by atoms with Crippen LogP contribution in [-0.2, 0) is 24.1 Å². The molecule has 0 spiro atoms. The first-order valence-corrected chi connectivity index (χ1v) is 13.9. The van der Waals surface area contributed by atoms with Gasteiger partial charge in [-0.2, -0.15) is 0 Å². The molecule has 4 rings (SSSR count). The van der Waals surface area contributed by atoms with Crippen LogP contribution in [0, 0.1) is 11.8 Å². The number of aryl methyl sites for hydroxylation is 1. The van der Waals surface area contributed by atoms with Crippen molar-refractivity contribution in [3.8, 4) is 11.5 Å². The number of hydrogen-bond donors (Lipinski definition) is 3. The highest BCUT2D eigenvalue weighted by molar-refractivity contribution is 5.37. The van der Waals surface area contributed by atoms with Crippen LogP contribution in [0.2, 0.25) is 0 Å². The summed E-state index contributed by atoms with van der Waals surface area (Å²) in [5, 5.41) is 23.3. The zero-order chi connectivity index (χ0) is 27.1. The van der Waals surface area contributed by atoms with Crippen LogP contribution in [0.4, 0.5) is 0 Å². The van der Waals surface area contributed by atoms with E-state index in [1.807, 2.05) is 18.2 Å². The molecule has 38 heavy (non-hydrogen) atoms. The number of ether oxygens (including phenoxy) is 2. The van der Waals surface area contributed by atoms with Gasteiger partial charge in [0.25, 0.3) is 0 Å². The normalized spacial score (nSPS) is 21.2. The third-order valence-electron chi connectivity index (χ3n) is 7.82. The van der Waals surface area contributed by atoms with Crippen LogP contribution in [0.5, 0.6) is 11.5 Å². The molecule has 3 N–H and O–H groups in total. The van der Waals surface area contributed by atoms with Gasteiger partial charge in [-0.3, -0.25) is 4.90 Å². The van der Waals surface area contributed by atoms with Crippen LogP contribution in [-0.4, -0.2) is 60.1 Å². The molecule has 0 heterocycles. The van der Waals surface area contributed by atoms with Crippen molar-refractivity contribution in [2.75, 3.05) is 33.4 Å². The number of rotatable bonds is 12. The van der Waals surface area contributed by atoms with Gasteiger partial charge in [-0.1, -0.05) is 31.2 Å². The Labute approximate surface area is 228 Å². The lowest BCUT2D eigenvalue weighted by atomic mass is 9.72. The summed E-state index contributed by atoms with van der Waals surface area (Å²) in [6.45, 7) is 9.29. The molecule has 0 amide bonds. The van der Waals surface area contributed by atoms with Gasteiger partial charge >= 0.3 is 0 Å². The topological polar surface area (TPSA) is 74.2 Å². The minimum Gasteiger partial charge on any atom is -0.508 e. The van der Waals surface area contributed by atoms with E-state index in [1.54, 1.807) is 13.2 Å². The number of nitrogens with one attached hydrogen (secondary N) is 1. The van der Waals surface area contributed by atoms with Gasteiger partial charge in [-0.25, -0.2) is 0 Å². The van der Waals surface area contributed by atoms with E-state index >= 15 is 0 Å². The Balaban J connectivity index is 1.49. The van der Waals surface area contributed by atoms with Crippen molar-refractivity contribution < 1.29 is 19.7 Å². The number of fused-ring (bicyclic) bond motifs is 1. The summed E-state index contributed by atoms with van der Waals surface area (Å²) in [6, 6.07) is 14.2. The van der Waals surface area contributed by atoms with Gasteiger partial charge in [0.1, 0.15) is 23.9 Å². The highest BCUT2D eigenvalue weighted by atomic mass is 16.5. The number of nitrogens with zero attached hydrogens (tertiary/aromatic N) is 1. The van der Waals surface area contributed by atoms with Crippen molar-refractivity contribution >= 4 is 0 Å². The second kappa shape index (κ2) is 12.8. The number of methoxy groups -OCH3 is 1. The van der Waals surface area contributed by atoms with Crippen LogP contribution in [0.1, 0.15) is 43.9 Å². The predicted molar refractivity (Wildman–Crippen MR) is 152 cm³/mol.